The SMILES string of the molecule is CCc1ccc(-c2cccc3c2C=C(C(C)C)[CH]3)cc1.[Zr]. The van der Waals surface area contributed by atoms with Gasteiger partial charge in [0.05, 0.1) is 0 Å². The van der Waals surface area contributed by atoms with Crippen LogP contribution < -0.4 is 0 Å². The molecule has 0 fully saturated rings. The fraction of sp³-hybridized carbons (Fsp3) is 0.250. The Morgan fingerprint density at radius 1 is 0.952 bits per heavy atom. The minimum Gasteiger partial charge on any atom is -0.0613 e. The van der Waals surface area contributed by atoms with Crippen molar-refractivity contribution in [3.05, 3.63) is 71.1 Å². The zero-order valence-electron chi connectivity index (χ0n) is 13.0. The largest absolute Gasteiger partial charge is 0.0613 e. The predicted molar refractivity (Wildman–Crippen MR) is 87.5 cm³/mol. The second kappa shape index (κ2) is 6.88. The Morgan fingerprint density at radius 2 is 1.67 bits per heavy atom. The van der Waals surface area contributed by atoms with E-state index in [9.17, 15) is 0 Å². The molecule has 0 bridgehead atoms. The van der Waals surface area contributed by atoms with E-state index in [4.69, 9.17) is 0 Å². The Kier molecular flexibility index (Phi) is 5.39. The Labute approximate surface area is 147 Å². The fourth-order valence-corrected chi connectivity index (χ4v) is 2.76. The first-order valence-corrected chi connectivity index (χ1v) is 7.47. The summed E-state index contributed by atoms with van der Waals surface area (Å²) in [4.78, 5) is 0. The van der Waals surface area contributed by atoms with Crippen LogP contribution in [0, 0.1) is 12.3 Å². The first-order chi connectivity index (χ1) is 9.69. The number of hydrogen-bond donors (Lipinski definition) is 0. The molecular weight excluding hydrogens is 331 g/mol. The third-order valence-corrected chi connectivity index (χ3v) is 4.11. The molecule has 0 saturated heterocycles. The van der Waals surface area contributed by atoms with Crippen LogP contribution in [0.3, 0.4) is 0 Å². The van der Waals surface area contributed by atoms with Gasteiger partial charge in [0.25, 0.3) is 0 Å². The molecule has 0 N–H and O–H groups in total. The molecule has 1 heteroatoms. The van der Waals surface area contributed by atoms with E-state index < -0.39 is 0 Å². The van der Waals surface area contributed by atoms with Crippen molar-refractivity contribution in [3.63, 3.8) is 0 Å². The van der Waals surface area contributed by atoms with Gasteiger partial charge in [-0.15, -0.1) is 0 Å². The van der Waals surface area contributed by atoms with E-state index in [0.29, 0.717) is 5.92 Å². The molecular formula is C20H21Zr. The van der Waals surface area contributed by atoms with Crippen molar-refractivity contribution in [2.75, 3.05) is 0 Å². The smallest absolute Gasteiger partial charge is 0.0167 e. The predicted octanol–water partition coefficient (Wildman–Crippen LogP) is 5.52. The number of aryl methyl sites for hydroxylation is 1. The molecule has 0 atom stereocenters. The molecule has 0 heterocycles. The van der Waals surface area contributed by atoms with Gasteiger partial charge in [-0.1, -0.05) is 74.9 Å². The van der Waals surface area contributed by atoms with E-state index in [2.05, 4.69) is 75.7 Å². The number of hydrogen-bond acceptors (Lipinski definition) is 0. The molecule has 2 aromatic carbocycles. The van der Waals surface area contributed by atoms with Crippen molar-refractivity contribution in [3.8, 4) is 11.1 Å². The van der Waals surface area contributed by atoms with Crippen LogP contribution >= 0.6 is 0 Å². The maximum atomic E-state index is 2.35. The maximum Gasteiger partial charge on any atom is 0.0167 e. The zero-order chi connectivity index (χ0) is 14.1. The van der Waals surface area contributed by atoms with E-state index in [1.807, 2.05) is 0 Å². The minimum atomic E-state index is 0. The zero-order valence-corrected chi connectivity index (χ0v) is 15.4. The second-order valence-electron chi connectivity index (χ2n) is 5.80. The summed E-state index contributed by atoms with van der Waals surface area (Å²) < 4.78 is 0. The summed E-state index contributed by atoms with van der Waals surface area (Å²) in [5, 5.41) is 0. The first kappa shape index (κ1) is 16.4. The molecule has 0 unspecified atom stereocenters. The number of rotatable bonds is 3. The van der Waals surface area contributed by atoms with Gasteiger partial charge in [0, 0.05) is 32.6 Å². The van der Waals surface area contributed by atoms with Crippen LogP contribution in [0.5, 0.6) is 0 Å². The average molecular weight is 353 g/mol. The van der Waals surface area contributed by atoms with Crippen LogP contribution in [0.4, 0.5) is 0 Å². The van der Waals surface area contributed by atoms with Gasteiger partial charge in [0.2, 0.25) is 0 Å². The first-order valence-electron chi connectivity index (χ1n) is 7.47. The molecule has 2 aromatic rings. The van der Waals surface area contributed by atoms with Gasteiger partial charge >= 0.3 is 0 Å². The topological polar surface area (TPSA) is 0 Å². The average Bonchev–Trinajstić information content (AvgIpc) is 2.91. The molecule has 1 aliphatic rings. The Hall–Kier alpha value is -0.937. The molecule has 0 nitrogen and oxygen atoms in total. The minimum absolute atomic E-state index is 0. The van der Waals surface area contributed by atoms with E-state index in [-0.39, 0.29) is 26.2 Å². The van der Waals surface area contributed by atoms with Gasteiger partial charge in [-0.05, 0) is 40.2 Å². The van der Waals surface area contributed by atoms with Crippen LogP contribution in [0.15, 0.2) is 48.0 Å². The van der Waals surface area contributed by atoms with Gasteiger partial charge in [0.15, 0.2) is 0 Å². The van der Waals surface area contributed by atoms with E-state index in [0.717, 1.165) is 6.42 Å². The molecule has 0 aliphatic heterocycles. The monoisotopic (exact) mass is 351 g/mol. The summed E-state index contributed by atoms with van der Waals surface area (Å²) in [5.74, 6) is 0.581. The van der Waals surface area contributed by atoms with Crippen LogP contribution in [0.2, 0.25) is 0 Å². The maximum absolute atomic E-state index is 2.35. The standard InChI is InChI=1S/C20H21.Zr/c1-4-15-8-10-16(11-9-15)19-7-5-6-17-12-18(14(2)3)13-20(17)19;/h5-14H,4H2,1-3H3;. The van der Waals surface area contributed by atoms with E-state index in [1.165, 1.54) is 33.4 Å². The molecule has 0 aromatic heterocycles. The van der Waals surface area contributed by atoms with Crippen molar-refractivity contribution in [1.29, 1.82) is 0 Å². The fourth-order valence-electron chi connectivity index (χ4n) is 2.76. The van der Waals surface area contributed by atoms with Gasteiger partial charge in [-0.25, -0.2) is 0 Å². The van der Waals surface area contributed by atoms with Gasteiger partial charge in [-0.3, -0.25) is 0 Å². The van der Waals surface area contributed by atoms with Crippen LogP contribution in [-0.2, 0) is 32.6 Å². The van der Waals surface area contributed by atoms with Crippen molar-refractivity contribution in [2.24, 2.45) is 5.92 Å². The Morgan fingerprint density at radius 3 is 2.29 bits per heavy atom. The van der Waals surface area contributed by atoms with Crippen LogP contribution in [0.25, 0.3) is 17.2 Å². The summed E-state index contributed by atoms with van der Waals surface area (Å²) >= 11 is 0. The summed E-state index contributed by atoms with van der Waals surface area (Å²) in [7, 11) is 0. The third kappa shape index (κ3) is 3.29. The molecule has 1 radical (unpaired) electrons. The Balaban J connectivity index is 0.00000161. The Bertz CT molecular complexity index is 648. The normalized spacial score (nSPS) is 12.9. The van der Waals surface area contributed by atoms with Gasteiger partial charge in [-0.2, -0.15) is 0 Å². The molecule has 21 heavy (non-hydrogen) atoms. The molecule has 105 valence electrons. The molecule has 0 amide bonds. The van der Waals surface area contributed by atoms with Crippen molar-refractivity contribution in [1.82, 2.24) is 0 Å². The third-order valence-electron chi connectivity index (χ3n) is 4.11. The van der Waals surface area contributed by atoms with Gasteiger partial charge in [0.1, 0.15) is 0 Å². The summed E-state index contributed by atoms with van der Waals surface area (Å²) in [6.45, 7) is 6.70. The van der Waals surface area contributed by atoms with Crippen LogP contribution in [-0.4, -0.2) is 0 Å². The van der Waals surface area contributed by atoms with Crippen molar-refractivity contribution < 1.29 is 26.2 Å². The van der Waals surface area contributed by atoms with Crippen molar-refractivity contribution in [2.45, 2.75) is 27.2 Å². The summed E-state index contributed by atoms with van der Waals surface area (Å²) in [6, 6.07) is 15.6. The second-order valence-corrected chi connectivity index (χ2v) is 5.80. The molecule has 3 rings (SSSR count). The number of fused-ring (bicyclic) bond motifs is 1. The number of allylic oxidation sites excluding steroid dienone is 1. The molecule has 1 aliphatic carbocycles. The molecule has 0 spiro atoms. The van der Waals surface area contributed by atoms with Gasteiger partial charge < -0.3 is 0 Å². The quantitative estimate of drug-likeness (QED) is 0.682. The molecule has 0 saturated carbocycles. The summed E-state index contributed by atoms with van der Waals surface area (Å²) in [5.41, 5.74) is 8.21. The summed E-state index contributed by atoms with van der Waals surface area (Å²) in [6.07, 6.45) is 5.77. The van der Waals surface area contributed by atoms with E-state index >= 15 is 0 Å². The number of benzene rings is 2. The van der Waals surface area contributed by atoms with Crippen molar-refractivity contribution >= 4 is 6.08 Å². The van der Waals surface area contributed by atoms with E-state index in [1.54, 1.807) is 0 Å². The van der Waals surface area contributed by atoms with Crippen LogP contribution in [0.1, 0.15) is 37.5 Å².